The summed E-state index contributed by atoms with van der Waals surface area (Å²) in [6.45, 7) is 4.46. The van der Waals surface area contributed by atoms with Gasteiger partial charge in [0.2, 0.25) is 0 Å². The number of aryl methyl sites for hydroxylation is 2. The van der Waals surface area contributed by atoms with Crippen LogP contribution in [0, 0.1) is 13.8 Å². The van der Waals surface area contributed by atoms with Gasteiger partial charge in [0.15, 0.2) is 6.61 Å². The Balaban J connectivity index is 2.16. The van der Waals surface area contributed by atoms with Crippen LogP contribution in [0.2, 0.25) is 0 Å². The Morgan fingerprint density at radius 2 is 1.95 bits per heavy atom. The van der Waals surface area contributed by atoms with Gasteiger partial charge < -0.3 is 15.2 Å². The zero-order valence-electron chi connectivity index (χ0n) is 12.6. The summed E-state index contributed by atoms with van der Waals surface area (Å²) in [5, 5.41) is 11.3. The molecule has 0 spiro atoms. The monoisotopic (exact) mass is 293 g/mol. The molecule has 0 fully saturated rings. The highest BCUT2D eigenvalue weighted by molar-refractivity contribution is 5.77. The number of hydrogen-bond acceptors (Lipinski definition) is 3. The number of benzene rings is 1. The predicted octanol–water partition coefficient (Wildman–Crippen LogP) is 2.44. The van der Waals surface area contributed by atoms with E-state index in [1.54, 1.807) is 0 Å². The van der Waals surface area contributed by atoms with E-state index in [0.717, 1.165) is 29.7 Å². The van der Waals surface area contributed by atoms with Crippen molar-refractivity contribution < 1.29 is 19.4 Å². The van der Waals surface area contributed by atoms with Gasteiger partial charge in [-0.05, 0) is 43.9 Å². The van der Waals surface area contributed by atoms with Crippen LogP contribution in [0.4, 0.5) is 0 Å². The highest BCUT2D eigenvalue weighted by Crippen LogP contribution is 2.18. The van der Waals surface area contributed by atoms with Gasteiger partial charge in [0.1, 0.15) is 5.75 Å². The molecule has 0 saturated carbocycles. The van der Waals surface area contributed by atoms with E-state index < -0.39 is 5.97 Å². The Morgan fingerprint density at radius 3 is 2.67 bits per heavy atom. The SMILES string of the molecule is Cc1ccc(C)c(OCC(=O)NCCCCCC(=O)O)c1. The van der Waals surface area contributed by atoms with Crippen molar-refractivity contribution in [1.82, 2.24) is 5.32 Å². The maximum Gasteiger partial charge on any atom is 0.303 e. The van der Waals surface area contributed by atoms with Gasteiger partial charge in [-0.25, -0.2) is 0 Å². The maximum absolute atomic E-state index is 11.6. The van der Waals surface area contributed by atoms with E-state index in [1.807, 2.05) is 32.0 Å². The standard InChI is InChI=1S/C16H23NO4/c1-12-7-8-13(2)14(10-12)21-11-15(18)17-9-5-3-4-6-16(19)20/h7-8,10H,3-6,9,11H2,1-2H3,(H,17,18)(H,19,20). The molecule has 0 aromatic heterocycles. The van der Waals surface area contributed by atoms with Gasteiger partial charge in [-0.3, -0.25) is 9.59 Å². The van der Waals surface area contributed by atoms with Crippen molar-refractivity contribution in [3.8, 4) is 5.75 Å². The Labute approximate surface area is 125 Å². The number of rotatable bonds is 9. The molecule has 0 saturated heterocycles. The molecule has 116 valence electrons. The first-order chi connectivity index (χ1) is 9.99. The number of aliphatic carboxylic acids is 1. The van der Waals surface area contributed by atoms with Crippen molar-refractivity contribution in [1.29, 1.82) is 0 Å². The van der Waals surface area contributed by atoms with Crippen LogP contribution in [0.15, 0.2) is 18.2 Å². The molecule has 1 aromatic carbocycles. The average molecular weight is 293 g/mol. The molecule has 5 nitrogen and oxygen atoms in total. The van der Waals surface area contributed by atoms with Crippen molar-refractivity contribution >= 4 is 11.9 Å². The van der Waals surface area contributed by atoms with Crippen LogP contribution in [-0.4, -0.2) is 30.1 Å². The highest BCUT2D eigenvalue weighted by atomic mass is 16.5. The maximum atomic E-state index is 11.6. The Morgan fingerprint density at radius 1 is 1.19 bits per heavy atom. The fraction of sp³-hybridized carbons (Fsp3) is 0.500. The molecule has 0 atom stereocenters. The number of nitrogens with one attached hydrogen (secondary N) is 1. The van der Waals surface area contributed by atoms with Gasteiger partial charge in [0.05, 0.1) is 0 Å². The lowest BCUT2D eigenvalue weighted by atomic mass is 10.1. The van der Waals surface area contributed by atoms with Crippen molar-refractivity contribution in [3.05, 3.63) is 29.3 Å². The van der Waals surface area contributed by atoms with Crippen LogP contribution in [0.25, 0.3) is 0 Å². The molecule has 0 bridgehead atoms. The first-order valence-corrected chi connectivity index (χ1v) is 7.17. The van der Waals surface area contributed by atoms with E-state index in [-0.39, 0.29) is 18.9 Å². The van der Waals surface area contributed by atoms with Crippen LogP contribution in [0.5, 0.6) is 5.75 Å². The van der Waals surface area contributed by atoms with Crippen LogP contribution in [0.3, 0.4) is 0 Å². The number of unbranched alkanes of at least 4 members (excludes halogenated alkanes) is 2. The molecule has 0 aliphatic heterocycles. The Hall–Kier alpha value is -2.04. The average Bonchev–Trinajstić information content (AvgIpc) is 2.43. The van der Waals surface area contributed by atoms with Crippen molar-refractivity contribution in [2.75, 3.05) is 13.2 Å². The molecule has 21 heavy (non-hydrogen) atoms. The number of carboxylic acids is 1. The Kier molecular flexibility index (Phi) is 7.29. The molecular weight excluding hydrogens is 270 g/mol. The third-order valence-corrected chi connectivity index (χ3v) is 3.09. The van der Waals surface area contributed by atoms with Gasteiger partial charge in [-0.2, -0.15) is 0 Å². The third kappa shape index (κ3) is 7.34. The molecule has 1 amide bonds. The van der Waals surface area contributed by atoms with Crippen molar-refractivity contribution in [3.63, 3.8) is 0 Å². The summed E-state index contributed by atoms with van der Waals surface area (Å²) >= 11 is 0. The van der Waals surface area contributed by atoms with Crippen molar-refractivity contribution in [2.24, 2.45) is 0 Å². The van der Waals surface area contributed by atoms with E-state index >= 15 is 0 Å². The first-order valence-electron chi connectivity index (χ1n) is 7.17. The molecule has 0 radical (unpaired) electrons. The highest BCUT2D eigenvalue weighted by Gasteiger charge is 2.05. The minimum atomic E-state index is -0.777. The van der Waals surface area contributed by atoms with Gasteiger partial charge in [0, 0.05) is 13.0 Å². The number of carboxylic acid groups (broad SMARTS) is 1. The van der Waals surface area contributed by atoms with E-state index in [9.17, 15) is 9.59 Å². The number of ether oxygens (including phenoxy) is 1. The van der Waals surface area contributed by atoms with Crippen LogP contribution < -0.4 is 10.1 Å². The van der Waals surface area contributed by atoms with Crippen LogP contribution in [0.1, 0.15) is 36.8 Å². The number of carbonyl (C=O) groups excluding carboxylic acids is 1. The minimum Gasteiger partial charge on any atom is -0.483 e. The van der Waals surface area contributed by atoms with E-state index in [0.29, 0.717) is 13.0 Å². The zero-order chi connectivity index (χ0) is 15.7. The number of hydrogen-bond donors (Lipinski definition) is 2. The number of carbonyl (C=O) groups is 2. The van der Waals surface area contributed by atoms with Gasteiger partial charge in [-0.1, -0.05) is 18.6 Å². The molecule has 0 heterocycles. The zero-order valence-corrected chi connectivity index (χ0v) is 12.6. The predicted molar refractivity (Wildman–Crippen MR) is 80.5 cm³/mol. The summed E-state index contributed by atoms with van der Waals surface area (Å²) in [7, 11) is 0. The minimum absolute atomic E-state index is 0.000576. The second-order valence-corrected chi connectivity index (χ2v) is 5.11. The molecule has 2 N–H and O–H groups in total. The van der Waals surface area contributed by atoms with Gasteiger partial charge in [0.25, 0.3) is 5.91 Å². The molecule has 0 aliphatic rings. The van der Waals surface area contributed by atoms with E-state index in [1.165, 1.54) is 0 Å². The second-order valence-electron chi connectivity index (χ2n) is 5.11. The third-order valence-electron chi connectivity index (χ3n) is 3.09. The normalized spacial score (nSPS) is 10.2. The lowest BCUT2D eigenvalue weighted by Crippen LogP contribution is -2.29. The first kappa shape index (κ1) is 17.0. The summed E-state index contributed by atoms with van der Waals surface area (Å²) in [6, 6.07) is 5.87. The Bertz CT molecular complexity index is 485. The fourth-order valence-corrected chi connectivity index (χ4v) is 1.86. The van der Waals surface area contributed by atoms with Gasteiger partial charge >= 0.3 is 5.97 Å². The van der Waals surface area contributed by atoms with E-state index in [4.69, 9.17) is 9.84 Å². The summed E-state index contributed by atoms with van der Waals surface area (Å²) in [5.74, 6) is -0.207. The van der Waals surface area contributed by atoms with Gasteiger partial charge in [-0.15, -0.1) is 0 Å². The van der Waals surface area contributed by atoms with Crippen LogP contribution >= 0.6 is 0 Å². The summed E-state index contributed by atoms with van der Waals surface area (Å²) < 4.78 is 5.50. The lowest BCUT2D eigenvalue weighted by Gasteiger charge is -2.10. The fourth-order valence-electron chi connectivity index (χ4n) is 1.86. The topological polar surface area (TPSA) is 75.6 Å². The molecule has 1 aromatic rings. The van der Waals surface area contributed by atoms with Crippen molar-refractivity contribution in [2.45, 2.75) is 39.5 Å². The largest absolute Gasteiger partial charge is 0.483 e. The summed E-state index contributed by atoms with van der Waals surface area (Å²) in [4.78, 5) is 21.9. The molecular formula is C16H23NO4. The van der Waals surface area contributed by atoms with Crippen LogP contribution in [-0.2, 0) is 9.59 Å². The number of amides is 1. The smallest absolute Gasteiger partial charge is 0.303 e. The molecule has 5 heteroatoms. The second kappa shape index (κ2) is 9.00. The molecule has 1 rings (SSSR count). The quantitative estimate of drug-likeness (QED) is 0.686. The van der Waals surface area contributed by atoms with E-state index in [2.05, 4.69) is 5.32 Å². The summed E-state index contributed by atoms with van der Waals surface area (Å²) in [6.07, 6.45) is 2.40. The molecule has 0 unspecified atom stereocenters. The molecule has 0 aliphatic carbocycles. The lowest BCUT2D eigenvalue weighted by molar-refractivity contribution is -0.137. The summed E-state index contributed by atoms with van der Waals surface area (Å²) in [5.41, 5.74) is 2.09.